The highest BCUT2D eigenvalue weighted by atomic mass is 32.1. The minimum absolute atomic E-state index is 0.246. The highest BCUT2D eigenvalue weighted by Crippen LogP contribution is 2.26. The van der Waals surface area contributed by atoms with Gasteiger partial charge in [0.15, 0.2) is 11.1 Å². The van der Waals surface area contributed by atoms with Crippen molar-refractivity contribution < 1.29 is 5.11 Å². The molecule has 4 heterocycles. The number of hydrogen-bond donors (Lipinski definition) is 3. The molecular weight excluding hydrogens is 378 g/mol. The third-order valence-corrected chi connectivity index (χ3v) is 5.36. The Hall–Kier alpha value is -3.71. The summed E-state index contributed by atoms with van der Waals surface area (Å²) in [5.41, 5.74) is 1.67. The number of nitrogens with zero attached hydrogens (tertiary/aromatic N) is 5. The lowest BCUT2D eigenvalue weighted by Crippen LogP contribution is -2.19. The zero-order valence-corrected chi connectivity index (χ0v) is 15.2. The molecule has 0 bridgehead atoms. The zero-order valence-electron chi connectivity index (χ0n) is 14.4. The molecule has 28 heavy (non-hydrogen) atoms. The van der Waals surface area contributed by atoms with Gasteiger partial charge in [-0.25, -0.2) is 9.78 Å². The number of fused-ring (bicyclic) bond motifs is 1. The van der Waals surface area contributed by atoms with Crippen LogP contribution in [0.2, 0.25) is 0 Å². The summed E-state index contributed by atoms with van der Waals surface area (Å²) in [6, 6.07) is 7.91. The highest BCUT2D eigenvalue weighted by molar-refractivity contribution is 7.15. The van der Waals surface area contributed by atoms with Crippen LogP contribution in [0.5, 0.6) is 5.88 Å². The Kier molecular flexibility index (Phi) is 3.63. The molecule has 0 aromatic carbocycles. The normalized spacial score (nSPS) is 15.4. The van der Waals surface area contributed by atoms with E-state index in [9.17, 15) is 9.90 Å². The highest BCUT2D eigenvalue weighted by Gasteiger charge is 2.20. The van der Waals surface area contributed by atoms with Crippen molar-refractivity contribution in [2.24, 2.45) is 4.99 Å². The Morgan fingerprint density at radius 3 is 2.93 bits per heavy atom. The fraction of sp³-hybridized carbons (Fsp3) is 0.167. The van der Waals surface area contributed by atoms with Crippen LogP contribution in [0.1, 0.15) is 23.4 Å². The van der Waals surface area contributed by atoms with E-state index in [4.69, 9.17) is 15.2 Å². The van der Waals surface area contributed by atoms with Gasteiger partial charge in [-0.3, -0.25) is 9.98 Å². The summed E-state index contributed by atoms with van der Waals surface area (Å²) >= 11 is 1.36. The summed E-state index contributed by atoms with van der Waals surface area (Å²) in [4.78, 5) is 27.1. The zero-order chi connectivity index (χ0) is 19.3. The molecule has 3 N–H and O–H groups in total. The molecule has 9 nitrogen and oxygen atoms in total. The molecule has 138 valence electrons. The molecule has 10 heteroatoms. The van der Waals surface area contributed by atoms with Crippen molar-refractivity contribution >= 4 is 23.1 Å². The summed E-state index contributed by atoms with van der Waals surface area (Å²) < 4.78 is 1.65. The molecular formula is C18H13N7O2S. The second-order valence-corrected chi connectivity index (χ2v) is 7.54. The van der Waals surface area contributed by atoms with Crippen LogP contribution in [0.3, 0.4) is 0 Å². The maximum absolute atomic E-state index is 11.4. The first-order valence-corrected chi connectivity index (χ1v) is 9.38. The summed E-state index contributed by atoms with van der Waals surface area (Å²) in [5.74, 6) is -0.250. The topological polar surface area (TPSA) is 135 Å². The number of hydrogen-bond acceptors (Lipinski definition) is 7. The standard InChI is InChI=1S/C18H13N7O2S/c19-7-11-3-4-14(28-11)12-6-15(21-10-1-2-10)25-16(22-12)9(8-20-25)5-13-17(26)24-18(27)23-13/h3-6,8,10,26H,1-2H2,(H2,23,24,27). The lowest BCUT2D eigenvalue weighted by molar-refractivity contribution is 0.454. The SMILES string of the molecule is N#Cc1ccc(-c2cc(=NC3CC3)n3ncc(=Cc4[nH]c(=O)[nH]c4O)c3n2)s1. The van der Waals surface area contributed by atoms with Crippen LogP contribution in [0, 0.1) is 11.3 Å². The predicted octanol–water partition coefficient (Wildman–Crippen LogP) is 0.662. The molecule has 4 aromatic rings. The number of rotatable bonds is 3. The largest absolute Gasteiger partial charge is 0.493 e. The van der Waals surface area contributed by atoms with E-state index in [-0.39, 0.29) is 17.6 Å². The maximum Gasteiger partial charge on any atom is 0.326 e. The van der Waals surface area contributed by atoms with Gasteiger partial charge in [0.2, 0.25) is 5.88 Å². The van der Waals surface area contributed by atoms with Crippen molar-refractivity contribution in [1.29, 1.82) is 5.26 Å². The quantitative estimate of drug-likeness (QED) is 0.471. The number of imidazole rings is 1. The first-order valence-electron chi connectivity index (χ1n) is 8.56. The van der Waals surface area contributed by atoms with Gasteiger partial charge in [-0.05, 0) is 31.1 Å². The van der Waals surface area contributed by atoms with Gasteiger partial charge < -0.3 is 10.1 Å². The van der Waals surface area contributed by atoms with Gasteiger partial charge in [0.25, 0.3) is 0 Å². The van der Waals surface area contributed by atoms with Crippen LogP contribution in [0.25, 0.3) is 22.3 Å². The smallest absolute Gasteiger partial charge is 0.326 e. The van der Waals surface area contributed by atoms with E-state index in [0.29, 0.717) is 26.9 Å². The van der Waals surface area contributed by atoms with E-state index in [2.05, 4.69) is 21.1 Å². The van der Waals surface area contributed by atoms with Crippen LogP contribution in [0.15, 0.2) is 34.2 Å². The number of aromatic nitrogens is 5. The minimum Gasteiger partial charge on any atom is -0.493 e. The van der Waals surface area contributed by atoms with Crippen LogP contribution in [-0.4, -0.2) is 35.7 Å². The summed E-state index contributed by atoms with van der Waals surface area (Å²) in [6.45, 7) is 0. The molecule has 0 unspecified atom stereocenters. The van der Waals surface area contributed by atoms with E-state index in [1.807, 2.05) is 12.1 Å². The molecule has 0 radical (unpaired) electrons. The Morgan fingerprint density at radius 2 is 2.25 bits per heavy atom. The number of aromatic amines is 2. The monoisotopic (exact) mass is 391 g/mol. The van der Waals surface area contributed by atoms with E-state index < -0.39 is 5.69 Å². The van der Waals surface area contributed by atoms with Gasteiger partial charge in [-0.1, -0.05) is 0 Å². The van der Waals surface area contributed by atoms with Crippen molar-refractivity contribution in [2.75, 3.05) is 0 Å². The van der Waals surface area contributed by atoms with Crippen molar-refractivity contribution in [3.05, 3.63) is 56.2 Å². The summed E-state index contributed by atoms with van der Waals surface area (Å²) in [5, 5.41) is 23.9. The summed E-state index contributed by atoms with van der Waals surface area (Å²) in [6.07, 6.45) is 5.31. The average molecular weight is 391 g/mol. The van der Waals surface area contributed by atoms with Gasteiger partial charge >= 0.3 is 5.69 Å². The first kappa shape index (κ1) is 16.5. The second-order valence-electron chi connectivity index (χ2n) is 6.46. The Balaban J connectivity index is 1.78. The molecule has 1 saturated carbocycles. The lowest BCUT2D eigenvalue weighted by Gasteiger charge is -2.00. The van der Waals surface area contributed by atoms with Crippen LogP contribution in [-0.2, 0) is 0 Å². The number of aromatic hydroxyl groups is 1. The van der Waals surface area contributed by atoms with Crippen LogP contribution < -0.4 is 16.4 Å². The first-order chi connectivity index (χ1) is 13.6. The van der Waals surface area contributed by atoms with Gasteiger partial charge in [0.1, 0.15) is 16.6 Å². The van der Waals surface area contributed by atoms with Gasteiger partial charge in [0.05, 0.1) is 22.8 Å². The minimum atomic E-state index is -0.499. The molecule has 5 rings (SSSR count). The van der Waals surface area contributed by atoms with Crippen molar-refractivity contribution in [2.45, 2.75) is 18.9 Å². The van der Waals surface area contributed by atoms with Crippen molar-refractivity contribution in [3.63, 3.8) is 0 Å². The van der Waals surface area contributed by atoms with Gasteiger partial charge in [-0.2, -0.15) is 14.9 Å². The molecule has 0 spiro atoms. The van der Waals surface area contributed by atoms with Crippen LogP contribution in [0.4, 0.5) is 0 Å². The number of nitrogens with one attached hydrogen (secondary N) is 2. The molecule has 1 aliphatic carbocycles. The molecule has 0 amide bonds. The molecule has 4 aromatic heterocycles. The predicted molar refractivity (Wildman–Crippen MR) is 101 cm³/mol. The fourth-order valence-electron chi connectivity index (χ4n) is 2.86. The summed E-state index contributed by atoms with van der Waals surface area (Å²) in [7, 11) is 0. The van der Waals surface area contributed by atoms with E-state index in [1.54, 1.807) is 22.9 Å². The Bertz CT molecular complexity index is 1430. The number of thiophene rings is 1. The maximum atomic E-state index is 11.4. The van der Waals surface area contributed by atoms with E-state index in [0.717, 1.165) is 17.7 Å². The number of H-pyrrole nitrogens is 2. The third-order valence-electron chi connectivity index (χ3n) is 4.35. The number of nitriles is 1. The molecule has 0 saturated heterocycles. The Morgan fingerprint density at radius 1 is 1.39 bits per heavy atom. The Labute approximate surface area is 161 Å². The van der Waals surface area contributed by atoms with Crippen LogP contribution >= 0.6 is 11.3 Å². The lowest BCUT2D eigenvalue weighted by atomic mass is 10.3. The van der Waals surface area contributed by atoms with Crippen molar-refractivity contribution in [3.8, 4) is 22.5 Å². The van der Waals surface area contributed by atoms with Gasteiger partial charge in [-0.15, -0.1) is 11.3 Å². The molecule has 0 atom stereocenters. The van der Waals surface area contributed by atoms with Crippen molar-refractivity contribution in [1.82, 2.24) is 24.6 Å². The molecule has 0 aliphatic heterocycles. The third kappa shape index (κ3) is 2.87. The molecule has 1 aliphatic rings. The van der Waals surface area contributed by atoms with Gasteiger partial charge in [0, 0.05) is 11.3 Å². The fourth-order valence-corrected chi connectivity index (χ4v) is 3.62. The molecule has 1 fully saturated rings. The van der Waals surface area contributed by atoms with E-state index in [1.165, 1.54) is 11.3 Å². The average Bonchev–Trinajstić information content (AvgIpc) is 3.08. The second kappa shape index (κ2) is 6.17. The van der Waals surface area contributed by atoms with E-state index >= 15 is 0 Å².